The molecule has 148 valence electrons. The minimum Gasteiger partial charge on any atom is -0.382 e. The van der Waals surface area contributed by atoms with Crippen LogP contribution in [-0.2, 0) is 17.1 Å². The summed E-state index contributed by atoms with van der Waals surface area (Å²) in [6.45, 7) is 4.34. The molecule has 0 amide bonds. The maximum atomic E-state index is 3.44. The molecule has 0 bridgehead atoms. The fraction of sp³-hybridized carbons (Fsp3) is 0.154. The van der Waals surface area contributed by atoms with E-state index >= 15 is 0 Å². The number of nitrogens with one attached hydrogen (secondary N) is 2. The fourth-order valence-electron chi connectivity index (χ4n) is 3.09. The minimum atomic E-state index is 0. The Morgan fingerprint density at radius 1 is 0.517 bits per heavy atom. The van der Waals surface area contributed by atoms with E-state index in [0.717, 1.165) is 0 Å². The van der Waals surface area contributed by atoms with Gasteiger partial charge in [-0.25, -0.2) is 0 Å². The minimum absolute atomic E-state index is 0. The summed E-state index contributed by atoms with van der Waals surface area (Å²) in [6.07, 6.45) is 16.8. The molecule has 2 N–H and O–H groups in total. The second kappa shape index (κ2) is 13.0. The molecule has 2 nitrogen and oxygen atoms in total. The molecular formula is C26H28FeN2+2. The van der Waals surface area contributed by atoms with E-state index < -0.39 is 0 Å². The Bertz CT molecular complexity index is 589. The van der Waals surface area contributed by atoms with Crippen LogP contribution in [0.1, 0.15) is 13.8 Å². The van der Waals surface area contributed by atoms with Gasteiger partial charge in [0.05, 0.1) is 0 Å². The van der Waals surface area contributed by atoms with Gasteiger partial charge in [-0.2, -0.15) is 0 Å². The summed E-state index contributed by atoms with van der Waals surface area (Å²) >= 11 is 0. The van der Waals surface area contributed by atoms with Gasteiger partial charge in [-0.3, -0.25) is 0 Å². The van der Waals surface area contributed by atoms with E-state index in [1.807, 2.05) is 36.4 Å². The van der Waals surface area contributed by atoms with Gasteiger partial charge in [0.1, 0.15) is 0 Å². The molecule has 2 aliphatic rings. The summed E-state index contributed by atoms with van der Waals surface area (Å²) < 4.78 is 0. The molecule has 4 rings (SSSR count). The first kappa shape index (κ1) is 23.8. The van der Waals surface area contributed by atoms with Crippen LogP contribution in [0.5, 0.6) is 0 Å². The van der Waals surface area contributed by atoms with Crippen molar-refractivity contribution in [3.63, 3.8) is 0 Å². The van der Waals surface area contributed by atoms with E-state index in [1.54, 1.807) is 0 Å². The van der Waals surface area contributed by atoms with Crippen molar-refractivity contribution in [3.05, 3.63) is 124 Å². The normalized spacial score (nSPS) is 18.8. The van der Waals surface area contributed by atoms with Crippen molar-refractivity contribution >= 4 is 11.4 Å². The van der Waals surface area contributed by atoms with Gasteiger partial charge < -0.3 is 10.6 Å². The Labute approximate surface area is 188 Å². The van der Waals surface area contributed by atoms with Crippen LogP contribution in [0, 0.1) is 63.2 Å². The van der Waals surface area contributed by atoms with Gasteiger partial charge in [-0.1, -0.05) is 36.4 Å². The molecule has 0 saturated heterocycles. The number of para-hydroxylation sites is 2. The van der Waals surface area contributed by atoms with Crippen molar-refractivity contribution in [1.29, 1.82) is 0 Å². The molecule has 2 aliphatic carbocycles. The van der Waals surface area contributed by atoms with Crippen LogP contribution < -0.4 is 10.6 Å². The van der Waals surface area contributed by atoms with Crippen molar-refractivity contribution in [2.75, 3.05) is 10.6 Å². The molecule has 0 aromatic heterocycles. The van der Waals surface area contributed by atoms with Gasteiger partial charge in [0.15, 0.2) is 0 Å². The first-order valence-electron chi connectivity index (χ1n) is 9.79. The van der Waals surface area contributed by atoms with Crippen molar-refractivity contribution in [2.45, 2.75) is 25.9 Å². The van der Waals surface area contributed by atoms with Crippen LogP contribution in [0.2, 0.25) is 0 Å². The van der Waals surface area contributed by atoms with E-state index in [1.165, 1.54) is 23.2 Å². The Kier molecular flexibility index (Phi) is 10.7. The van der Waals surface area contributed by atoms with Crippen LogP contribution in [0.15, 0.2) is 60.7 Å². The Balaban J connectivity index is 0.000000200. The molecule has 2 aromatic carbocycles. The van der Waals surface area contributed by atoms with Crippen LogP contribution >= 0.6 is 0 Å². The smallest absolute Gasteiger partial charge is 0.382 e. The van der Waals surface area contributed by atoms with Crippen LogP contribution in [-0.4, -0.2) is 12.1 Å². The molecule has 2 atom stereocenters. The SMILES string of the molecule is CC(Nc1ccccc1)[C]1[CH][CH][CH][CH]1.CC(Nc1ccccc1)[C]1[CH][CH][CH][CH]1.[Fe+2]. The molecule has 0 heterocycles. The predicted octanol–water partition coefficient (Wildman–Crippen LogP) is 5.78. The third-order valence-electron chi connectivity index (χ3n) is 4.69. The number of hydrogen-bond donors (Lipinski definition) is 2. The first-order chi connectivity index (χ1) is 13.7. The standard InChI is InChI=1S/2C13H14N.Fe/c2*1-11(12-7-5-6-8-12)14-13-9-3-2-4-10-13;/h2*2-11,14H,1H3;/q;;+2. The number of anilines is 2. The second-order valence-electron chi connectivity index (χ2n) is 6.90. The van der Waals surface area contributed by atoms with E-state index in [2.05, 4.69) is 100 Å². The Hall–Kier alpha value is -1.44. The topological polar surface area (TPSA) is 24.1 Å². The van der Waals surface area contributed by atoms with Gasteiger partial charge in [0, 0.05) is 35.3 Å². The molecule has 3 heteroatoms. The molecule has 10 radical (unpaired) electrons. The fourth-order valence-corrected chi connectivity index (χ4v) is 3.09. The van der Waals surface area contributed by atoms with Crippen LogP contribution in [0.4, 0.5) is 11.4 Å². The third-order valence-corrected chi connectivity index (χ3v) is 4.69. The molecule has 2 unspecified atom stereocenters. The molecule has 2 fully saturated rings. The molecule has 0 spiro atoms. The zero-order chi connectivity index (χ0) is 19.6. The Morgan fingerprint density at radius 2 is 0.828 bits per heavy atom. The summed E-state index contributed by atoms with van der Waals surface area (Å²) in [5.74, 6) is 2.66. The van der Waals surface area contributed by atoms with Gasteiger partial charge in [-0.05, 0) is 89.5 Å². The number of benzene rings is 2. The molecule has 0 aliphatic heterocycles. The van der Waals surface area contributed by atoms with Gasteiger partial charge in [-0.15, -0.1) is 0 Å². The average Bonchev–Trinajstić information content (AvgIpc) is 3.44. The maximum Gasteiger partial charge on any atom is 2.00 e. The summed E-state index contributed by atoms with van der Waals surface area (Å²) in [5.41, 5.74) is 2.34. The van der Waals surface area contributed by atoms with Gasteiger partial charge in [0.2, 0.25) is 0 Å². The van der Waals surface area contributed by atoms with E-state index in [0.29, 0.717) is 12.1 Å². The summed E-state index contributed by atoms with van der Waals surface area (Å²) in [5, 5.41) is 6.89. The van der Waals surface area contributed by atoms with Crippen molar-refractivity contribution < 1.29 is 17.1 Å². The van der Waals surface area contributed by atoms with Crippen molar-refractivity contribution in [1.82, 2.24) is 0 Å². The van der Waals surface area contributed by atoms with Crippen LogP contribution in [0.25, 0.3) is 0 Å². The van der Waals surface area contributed by atoms with Gasteiger partial charge in [0.25, 0.3) is 0 Å². The van der Waals surface area contributed by atoms with E-state index in [-0.39, 0.29) is 17.1 Å². The summed E-state index contributed by atoms with van der Waals surface area (Å²) in [4.78, 5) is 0. The van der Waals surface area contributed by atoms with Crippen molar-refractivity contribution in [2.24, 2.45) is 0 Å². The quantitative estimate of drug-likeness (QED) is 0.575. The third kappa shape index (κ3) is 8.07. The molecular weight excluding hydrogens is 396 g/mol. The number of hydrogen-bond acceptors (Lipinski definition) is 2. The molecule has 2 saturated carbocycles. The second-order valence-corrected chi connectivity index (χ2v) is 6.90. The first-order valence-corrected chi connectivity index (χ1v) is 9.79. The number of rotatable bonds is 6. The van der Waals surface area contributed by atoms with Crippen molar-refractivity contribution in [3.8, 4) is 0 Å². The van der Waals surface area contributed by atoms with Gasteiger partial charge >= 0.3 is 17.1 Å². The monoisotopic (exact) mass is 424 g/mol. The zero-order valence-electron chi connectivity index (χ0n) is 16.9. The maximum absolute atomic E-state index is 3.44. The molecule has 2 aromatic rings. The predicted molar refractivity (Wildman–Crippen MR) is 120 cm³/mol. The zero-order valence-corrected chi connectivity index (χ0v) is 18.0. The molecule has 29 heavy (non-hydrogen) atoms. The average molecular weight is 424 g/mol. The van der Waals surface area contributed by atoms with E-state index in [4.69, 9.17) is 0 Å². The Morgan fingerprint density at radius 3 is 1.14 bits per heavy atom. The summed E-state index contributed by atoms with van der Waals surface area (Å²) in [7, 11) is 0. The van der Waals surface area contributed by atoms with E-state index in [9.17, 15) is 0 Å². The largest absolute Gasteiger partial charge is 2.00 e. The van der Waals surface area contributed by atoms with Crippen LogP contribution in [0.3, 0.4) is 0 Å². The summed E-state index contributed by atoms with van der Waals surface area (Å²) in [6, 6.07) is 21.3.